The van der Waals surface area contributed by atoms with Crippen molar-refractivity contribution in [3.05, 3.63) is 52.7 Å². The van der Waals surface area contributed by atoms with E-state index in [1.165, 1.54) is 24.4 Å². The third-order valence-corrected chi connectivity index (χ3v) is 6.44. The van der Waals surface area contributed by atoms with E-state index >= 15 is 0 Å². The van der Waals surface area contributed by atoms with E-state index < -0.39 is 32.9 Å². The summed E-state index contributed by atoms with van der Waals surface area (Å²) >= 11 is 5.89. The average molecular weight is 467 g/mol. The normalized spacial score (nSPS) is 15.5. The SMILES string of the molecule is CC1(C)CC(S(=O)(=O)Cc2noc3cc(NC(=O)c4cccnc4Cl)c(F)cc23)=NO1. The van der Waals surface area contributed by atoms with Crippen LogP contribution in [0.2, 0.25) is 5.15 Å². The summed E-state index contributed by atoms with van der Waals surface area (Å²) in [6.07, 6.45) is 1.53. The molecule has 1 N–H and O–H groups in total. The molecule has 1 aliphatic heterocycles. The summed E-state index contributed by atoms with van der Waals surface area (Å²) in [6, 6.07) is 5.23. The fourth-order valence-corrected chi connectivity index (χ4v) is 4.64. The summed E-state index contributed by atoms with van der Waals surface area (Å²) in [5.74, 6) is -2.00. The van der Waals surface area contributed by atoms with Gasteiger partial charge in [0.25, 0.3) is 5.91 Å². The number of halogens is 2. The molecule has 12 heteroatoms. The van der Waals surface area contributed by atoms with Gasteiger partial charge in [-0.2, -0.15) is 0 Å². The van der Waals surface area contributed by atoms with Gasteiger partial charge in [-0.05, 0) is 32.0 Å². The van der Waals surface area contributed by atoms with E-state index in [1.807, 2.05) is 0 Å². The Balaban J connectivity index is 1.60. The summed E-state index contributed by atoms with van der Waals surface area (Å²) in [4.78, 5) is 21.3. The first-order valence-electron chi connectivity index (χ1n) is 9.03. The summed E-state index contributed by atoms with van der Waals surface area (Å²) in [6.45, 7) is 3.43. The number of hydrogen-bond acceptors (Lipinski definition) is 8. The van der Waals surface area contributed by atoms with E-state index in [9.17, 15) is 17.6 Å². The predicted molar refractivity (Wildman–Crippen MR) is 111 cm³/mol. The summed E-state index contributed by atoms with van der Waals surface area (Å²) in [7, 11) is -3.84. The van der Waals surface area contributed by atoms with Crippen LogP contribution in [0.15, 0.2) is 40.1 Å². The largest absolute Gasteiger partial charge is 0.389 e. The van der Waals surface area contributed by atoms with Crippen LogP contribution in [-0.2, 0) is 20.4 Å². The Labute approximate surface area is 181 Å². The molecule has 1 amide bonds. The van der Waals surface area contributed by atoms with Crippen molar-refractivity contribution < 1.29 is 27.0 Å². The van der Waals surface area contributed by atoms with Gasteiger partial charge in [-0.15, -0.1) is 0 Å². The maximum Gasteiger partial charge on any atom is 0.258 e. The van der Waals surface area contributed by atoms with Gasteiger partial charge >= 0.3 is 0 Å². The minimum Gasteiger partial charge on any atom is -0.389 e. The number of carbonyl (C=O) groups excluding carboxylic acids is 1. The molecule has 2 aromatic heterocycles. The lowest BCUT2D eigenvalue weighted by Crippen LogP contribution is -2.23. The first-order valence-corrected chi connectivity index (χ1v) is 11.1. The van der Waals surface area contributed by atoms with Crippen molar-refractivity contribution in [2.24, 2.45) is 5.16 Å². The molecule has 3 heterocycles. The molecule has 0 saturated carbocycles. The van der Waals surface area contributed by atoms with E-state index in [0.29, 0.717) is 0 Å². The van der Waals surface area contributed by atoms with Crippen LogP contribution in [0.1, 0.15) is 36.3 Å². The maximum atomic E-state index is 14.7. The van der Waals surface area contributed by atoms with E-state index in [-0.39, 0.29) is 44.5 Å². The Morgan fingerprint density at radius 3 is 2.81 bits per heavy atom. The number of nitrogens with one attached hydrogen (secondary N) is 1. The van der Waals surface area contributed by atoms with Crippen LogP contribution in [0.5, 0.6) is 0 Å². The number of rotatable bonds is 4. The molecule has 1 aromatic carbocycles. The zero-order valence-electron chi connectivity index (χ0n) is 16.3. The Bertz CT molecular complexity index is 1340. The minimum absolute atomic E-state index is 0.0227. The third-order valence-electron chi connectivity index (χ3n) is 4.54. The topological polar surface area (TPSA) is 124 Å². The fourth-order valence-electron chi connectivity index (χ4n) is 2.99. The molecule has 162 valence electrons. The molecule has 0 bridgehead atoms. The van der Waals surface area contributed by atoms with Gasteiger partial charge in [0.2, 0.25) is 9.84 Å². The van der Waals surface area contributed by atoms with Crippen molar-refractivity contribution in [1.29, 1.82) is 0 Å². The number of sulfone groups is 1. The van der Waals surface area contributed by atoms with Crippen molar-refractivity contribution in [1.82, 2.24) is 10.1 Å². The van der Waals surface area contributed by atoms with E-state index in [0.717, 1.165) is 6.07 Å². The number of aromatic nitrogens is 2. The van der Waals surface area contributed by atoms with Crippen LogP contribution in [0.3, 0.4) is 0 Å². The van der Waals surface area contributed by atoms with Crippen LogP contribution < -0.4 is 5.32 Å². The zero-order valence-corrected chi connectivity index (χ0v) is 17.9. The number of oxime groups is 1. The average Bonchev–Trinajstić information content (AvgIpc) is 3.25. The second-order valence-corrected chi connectivity index (χ2v) is 9.87. The molecular weight excluding hydrogens is 451 g/mol. The monoisotopic (exact) mass is 466 g/mol. The molecular formula is C19H16ClFN4O5S. The molecule has 1 aliphatic rings. The smallest absolute Gasteiger partial charge is 0.258 e. The predicted octanol–water partition coefficient (Wildman–Crippen LogP) is 3.69. The van der Waals surface area contributed by atoms with Gasteiger partial charge in [0.05, 0.1) is 11.3 Å². The molecule has 4 rings (SSSR count). The maximum absolute atomic E-state index is 14.7. The molecule has 31 heavy (non-hydrogen) atoms. The molecule has 0 unspecified atom stereocenters. The van der Waals surface area contributed by atoms with Gasteiger partial charge in [0, 0.05) is 24.1 Å². The standard InChI is InChI=1S/C19H16ClFN4O5S/c1-19(2)8-16(25-30-19)31(27,28)9-14-11-6-12(21)13(7-15(11)29-24-14)23-18(26)10-4-3-5-22-17(10)20/h3-7H,8-9H2,1-2H3,(H,23,26). The van der Waals surface area contributed by atoms with Crippen LogP contribution in [-0.4, -0.2) is 35.1 Å². The molecule has 3 aromatic rings. The van der Waals surface area contributed by atoms with Gasteiger partial charge in [-0.25, -0.2) is 17.8 Å². The molecule has 0 spiro atoms. The van der Waals surface area contributed by atoms with E-state index in [1.54, 1.807) is 13.8 Å². The minimum atomic E-state index is -3.84. The number of anilines is 1. The van der Waals surface area contributed by atoms with E-state index in [2.05, 4.69) is 20.6 Å². The number of nitrogens with zero attached hydrogens (tertiary/aromatic N) is 3. The first-order chi connectivity index (χ1) is 14.6. The Morgan fingerprint density at radius 2 is 2.13 bits per heavy atom. The van der Waals surface area contributed by atoms with Crippen molar-refractivity contribution in [2.45, 2.75) is 31.6 Å². The van der Waals surface area contributed by atoms with E-state index in [4.69, 9.17) is 21.0 Å². The lowest BCUT2D eigenvalue weighted by atomic mass is 10.1. The quantitative estimate of drug-likeness (QED) is 0.581. The number of benzene rings is 1. The lowest BCUT2D eigenvalue weighted by Gasteiger charge is -2.13. The van der Waals surface area contributed by atoms with Crippen molar-refractivity contribution in [3.8, 4) is 0 Å². The van der Waals surface area contributed by atoms with Gasteiger partial charge in [0.1, 0.15) is 28.0 Å². The van der Waals surface area contributed by atoms with Gasteiger partial charge < -0.3 is 14.7 Å². The van der Waals surface area contributed by atoms with Crippen LogP contribution in [0.25, 0.3) is 11.0 Å². The Kier molecular flexibility index (Phi) is 5.18. The first kappa shape index (κ1) is 21.2. The highest BCUT2D eigenvalue weighted by atomic mass is 35.5. The van der Waals surface area contributed by atoms with Crippen LogP contribution in [0, 0.1) is 5.82 Å². The number of hydrogen-bond donors (Lipinski definition) is 1. The highest BCUT2D eigenvalue weighted by molar-refractivity contribution is 8.05. The highest BCUT2D eigenvalue weighted by Crippen LogP contribution is 2.30. The Hall–Kier alpha value is -3.05. The molecule has 9 nitrogen and oxygen atoms in total. The summed E-state index contributed by atoms with van der Waals surface area (Å²) in [5, 5.41) is 9.83. The van der Waals surface area contributed by atoms with Crippen LogP contribution >= 0.6 is 11.6 Å². The number of carbonyl (C=O) groups is 1. The molecule has 0 radical (unpaired) electrons. The van der Waals surface area contributed by atoms with Gasteiger partial charge in [-0.3, -0.25) is 4.79 Å². The number of pyridine rings is 1. The van der Waals surface area contributed by atoms with Crippen LogP contribution in [0.4, 0.5) is 10.1 Å². The van der Waals surface area contributed by atoms with Gasteiger partial charge in [-0.1, -0.05) is 21.9 Å². The third kappa shape index (κ3) is 4.23. The second-order valence-electron chi connectivity index (χ2n) is 7.53. The lowest BCUT2D eigenvalue weighted by molar-refractivity contribution is 0.0123. The van der Waals surface area contributed by atoms with Crippen molar-refractivity contribution in [2.75, 3.05) is 5.32 Å². The molecule has 0 atom stereocenters. The highest BCUT2D eigenvalue weighted by Gasteiger charge is 2.36. The van der Waals surface area contributed by atoms with Crippen molar-refractivity contribution in [3.63, 3.8) is 0 Å². The summed E-state index contributed by atoms with van der Waals surface area (Å²) < 4.78 is 45.1. The molecule has 0 saturated heterocycles. The Morgan fingerprint density at radius 1 is 1.35 bits per heavy atom. The summed E-state index contributed by atoms with van der Waals surface area (Å²) in [5.41, 5.74) is -0.711. The number of fused-ring (bicyclic) bond motifs is 1. The molecule has 0 fully saturated rings. The fraction of sp³-hybridized carbons (Fsp3) is 0.263. The van der Waals surface area contributed by atoms with Crippen molar-refractivity contribution >= 4 is 49.0 Å². The molecule has 0 aliphatic carbocycles. The number of amides is 1. The van der Waals surface area contributed by atoms with Gasteiger partial charge in [0.15, 0.2) is 10.6 Å². The zero-order chi connectivity index (χ0) is 22.4. The second kappa shape index (κ2) is 7.57.